The summed E-state index contributed by atoms with van der Waals surface area (Å²) in [4.78, 5) is 25.5. The van der Waals surface area contributed by atoms with E-state index in [0.717, 1.165) is 0 Å². The number of ketones is 1. The van der Waals surface area contributed by atoms with Crippen molar-refractivity contribution in [1.29, 1.82) is 0 Å². The molecule has 1 aromatic carbocycles. The summed E-state index contributed by atoms with van der Waals surface area (Å²) in [6.07, 6.45) is -0.0116. The monoisotopic (exact) mass is 263 g/mol. The quantitative estimate of drug-likeness (QED) is 0.673. The fraction of sp³-hybridized carbons (Fsp3) is 0.231. The summed E-state index contributed by atoms with van der Waals surface area (Å²) in [5.41, 5.74) is -0.0236. The molecular weight excluding hydrogens is 254 g/mol. The number of amides is 1. The van der Waals surface area contributed by atoms with Crippen LogP contribution in [0.15, 0.2) is 30.5 Å². The number of allylic oxidation sites excluding steroid dienone is 1. The molecule has 3 rings (SSSR count). The van der Waals surface area contributed by atoms with Crippen LogP contribution in [0.5, 0.6) is 0 Å². The Bertz CT molecular complexity index is 592. The molecule has 5 heteroatoms. The van der Waals surface area contributed by atoms with E-state index in [0.29, 0.717) is 16.3 Å². The molecule has 0 radical (unpaired) electrons. The minimum absolute atomic E-state index is 0.0116. The lowest BCUT2D eigenvalue weighted by Crippen LogP contribution is -2.38. The molecule has 18 heavy (non-hydrogen) atoms. The Morgan fingerprint density at radius 1 is 1.44 bits per heavy atom. The first-order chi connectivity index (χ1) is 8.47. The largest absolute Gasteiger partial charge is 0.469 e. The molecule has 2 aliphatic rings. The Labute approximate surface area is 109 Å². The fourth-order valence-corrected chi connectivity index (χ4v) is 2.87. The lowest BCUT2D eigenvalue weighted by molar-refractivity contribution is -0.135. The average molecular weight is 264 g/mol. The maximum atomic E-state index is 12.4. The maximum absolute atomic E-state index is 12.4. The van der Waals surface area contributed by atoms with Crippen LogP contribution in [0.1, 0.15) is 12.0 Å². The summed E-state index contributed by atoms with van der Waals surface area (Å²) in [7, 11) is 1.62. The van der Waals surface area contributed by atoms with E-state index >= 15 is 0 Å². The number of carbonyl (C=O) groups is 2. The van der Waals surface area contributed by atoms with Gasteiger partial charge in [0.1, 0.15) is 0 Å². The number of hydrogen-bond donors (Lipinski definition) is 0. The molecule has 2 heterocycles. The van der Waals surface area contributed by atoms with E-state index in [-0.39, 0.29) is 23.9 Å². The van der Waals surface area contributed by atoms with Gasteiger partial charge in [0.05, 0.1) is 17.1 Å². The molecule has 0 aliphatic carbocycles. The van der Waals surface area contributed by atoms with Gasteiger partial charge in [-0.25, -0.2) is 0 Å². The van der Waals surface area contributed by atoms with Crippen LogP contribution in [0, 0.1) is 0 Å². The molecule has 0 aromatic heterocycles. The number of hydrogen-bond acceptors (Lipinski definition) is 3. The van der Waals surface area contributed by atoms with Crippen molar-refractivity contribution in [2.45, 2.75) is 12.0 Å². The Morgan fingerprint density at radius 3 is 2.78 bits per heavy atom. The Balaban J connectivity index is 2.26. The number of ether oxygens (including phenoxy) is 1. The van der Waals surface area contributed by atoms with Crippen LogP contribution >= 0.6 is 11.6 Å². The number of rotatable bonds is 0. The molecular formula is C13H10ClNO3. The molecule has 1 amide bonds. The summed E-state index contributed by atoms with van der Waals surface area (Å²) in [6.45, 7) is 3.53. The van der Waals surface area contributed by atoms with Crippen LogP contribution in [0.25, 0.3) is 0 Å². The van der Waals surface area contributed by atoms with Crippen molar-refractivity contribution in [3.05, 3.63) is 41.1 Å². The van der Waals surface area contributed by atoms with Crippen molar-refractivity contribution in [1.82, 2.24) is 0 Å². The van der Waals surface area contributed by atoms with Gasteiger partial charge in [-0.05, 0) is 6.07 Å². The number of carbonyl (C=O) groups excluding carboxylic acids is 2. The lowest BCUT2D eigenvalue weighted by Gasteiger charge is -2.20. The summed E-state index contributed by atoms with van der Waals surface area (Å²) in [6, 6.07) is 5.20. The molecule has 1 unspecified atom stereocenters. The predicted molar refractivity (Wildman–Crippen MR) is 66.4 cm³/mol. The van der Waals surface area contributed by atoms with Crippen LogP contribution in [0.4, 0.5) is 5.69 Å². The van der Waals surface area contributed by atoms with E-state index in [9.17, 15) is 9.59 Å². The predicted octanol–water partition coefficient (Wildman–Crippen LogP) is 2.01. The van der Waals surface area contributed by atoms with E-state index in [4.69, 9.17) is 16.3 Å². The van der Waals surface area contributed by atoms with Crippen molar-refractivity contribution in [2.24, 2.45) is 0 Å². The minimum Gasteiger partial charge on any atom is -0.469 e. The number of para-hydroxylation sites is 1. The number of benzene rings is 1. The van der Waals surface area contributed by atoms with Gasteiger partial charge in [0.25, 0.3) is 5.91 Å². The zero-order chi connectivity index (χ0) is 13.1. The molecule has 1 saturated heterocycles. The third-order valence-electron chi connectivity index (χ3n) is 3.43. The Hall–Kier alpha value is -1.81. The second-order valence-electron chi connectivity index (χ2n) is 4.45. The van der Waals surface area contributed by atoms with Crippen LogP contribution < -0.4 is 4.90 Å². The van der Waals surface area contributed by atoms with E-state index in [2.05, 4.69) is 6.58 Å². The van der Waals surface area contributed by atoms with Crippen molar-refractivity contribution in [3.8, 4) is 0 Å². The van der Waals surface area contributed by atoms with Crippen molar-refractivity contribution >= 4 is 29.0 Å². The minimum atomic E-state index is -1.26. The first kappa shape index (κ1) is 11.3. The molecule has 1 fully saturated rings. The number of likely N-dealkylation sites (N-methyl/N-ethyl adjacent to an activating group) is 1. The normalized spacial score (nSPS) is 25.9. The average Bonchev–Trinajstić information content (AvgIpc) is 2.73. The third-order valence-corrected chi connectivity index (χ3v) is 3.73. The number of nitrogens with zero attached hydrogens (tertiary/aromatic N) is 1. The van der Waals surface area contributed by atoms with Gasteiger partial charge in [-0.1, -0.05) is 30.3 Å². The van der Waals surface area contributed by atoms with Gasteiger partial charge in [-0.15, -0.1) is 0 Å². The van der Waals surface area contributed by atoms with E-state index in [1.54, 1.807) is 25.2 Å². The molecule has 0 saturated carbocycles. The van der Waals surface area contributed by atoms with E-state index in [1.165, 1.54) is 4.90 Å². The highest BCUT2D eigenvalue weighted by atomic mass is 35.5. The molecule has 0 N–H and O–H groups in total. The summed E-state index contributed by atoms with van der Waals surface area (Å²) >= 11 is 6.11. The highest BCUT2D eigenvalue weighted by molar-refractivity contribution is 6.35. The van der Waals surface area contributed by atoms with Gasteiger partial charge >= 0.3 is 0 Å². The summed E-state index contributed by atoms with van der Waals surface area (Å²) < 4.78 is 5.49. The van der Waals surface area contributed by atoms with Crippen LogP contribution in [-0.4, -0.2) is 18.7 Å². The van der Waals surface area contributed by atoms with Gasteiger partial charge in [-0.3, -0.25) is 9.59 Å². The number of fused-ring (bicyclic) bond motifs is 2. The van der Waals surface area contributed by atoms with Gasteiger partial charge in [0, 0.05) is 12.6 Å². The molecule has 0 bridgehead atoms. The van der Waals surface area contributed by atoms with Crippen molar-refractivity contribution < 1.29 is 14.3 Å². The second-order valence-corrected chi connectivity index (χ2v) is 4.86. The van der Waals surface area contributed by atoms with Crippen LogP contribution in [0.3, 0.4) is 0 Å². The van der Waals surface area contributed by atoms with Gasteiger partial charge < -0.3 is 9.64 Å². The fourth-order valence-electron chi connectivity index (χ4n) is 2.57. The third kappa shape index (κ3) is 1.16. The Kier molecular flexibility index (Phi) is 2.10. The van der Waals surface area contributed by atoms with Crippen LogP contribution in [-0.2, 0) is 19.9 Å². The smallest absolute Gasteiger partial charge is 0.276 e. The number of Topliss-reactive ketones (excluding diaryl/α,β-unsaturated/α-hetero) is 1. The van der Waals surface area contributed by atoms with E-state index in [1.807, 2.05) is 0 Å². The lowest BCUT2D eigenvalue weighted by atomic mass is 9.92. The first-order valence-corrected chi connectivity index (χ1v) is 5.83. The second kappa shape index (κ2) is 3.36. The molecule has 4 nitrogen and oxygen atoms in total. The van der Waals surface area contributed by atoms with Gasteiger partial charge in [0.15, 0.2) is 5.76 Å². The molecule has 92 valence electrons. The highest BCUT2D eigenvalue weighted by Crippen LogP contribution is 2.51. The molecule has 2 aliphatic heterocycles. The first-order valence-electron chi connectivity index (χ1n) is 5.45. The van der Waals surface area contributed by atoms with E-state index < -0.39 is 5.60 Å². The number of halogens is 1. The zero-order valence-electron chi connectivity index (χ0n) is 9.70. The SMILES string of the molecule is C=C1OC2(CC1=O)C(=O)N(C)c1c(Cl)cccc12. The summed E-state index contributed by atoms with van der Waals surface area (Å²) in [5.74, 6) is -0.494. The molecule has 1 atom stereocenters. The zero-order valence-corrected chi connectivity index (χ0v) is 10.5. The molecule has 1 spiro atoms. The maximum Gasteiger partial charge on any atom is 0.276 e. The van der Waals surface area contributed by atoms with Gasteiger partial charge in [-0.2, -0.15) is 0 Å². The highest BCUT2D eigenvalue weighted by Gasteiger charge is 2.58. The summed E-state index contributed by atoms with van der Waals surface area (Å²) in [5, 5.41) is 0.466. The Morgan fingerprint density at radius 2 is 2.17 bits per heavy atom. The molecule has 1 aromatic rings. The number of anilines is 1. The van der Waals surface area contributed by atoms with Gasteiger partial charge in [0.2, 0.25) is 11.4 Å². The van der Waals surface area contributed by atoms with Crippen molar-refractivity contribution in [3.63, 3.8) is 0 Å². The topological polar surface area (TPSA) is 46.6 Å². The van der Waals surface area contributed by atoms with Crippen LogP contribution in [0.2, 0.25) is 5.02 Å². The standard InChI is InChI=1S/C13H10ClNO3/c1-7-10(16)6-13(18-7)8-4-3-5-9(14)11(8)15(2)12(13)17/h3-5H,1,6H2,2H3. The van der Waals surface area contributed by atoms with Crippen molar-refractivity contribution in [2.75, 3.05) is 11.9 Å².